The monoisotopic (exact) mass is 1150 g/mol. The second kappa shape index (κ2) is 69.8. The van der Waals surface area contributed by atoms with Crippen LogP contribution in [-0.2, 0) is 28.6 Å². The van der Waals surface area contributed by atoms with E-state index in [1.807, 2.05) is 0 Å². The maximum absolute atomic E-state index is 13.0. The first kappa shape index (κ1) is 78.3. The minimum Gasteiger partial charge on any atom is -0.462 e. The summed E-state index contributed by atoms with van der Waals surface area (Å²) in [5, 5.41) is 0. The molecule has 0 aliphatic heterocycles. The Bertz CT molecular complexity index is 1800. The van der Waals surface area contributed by atoms with Crippen molar-refractivity contribution in [1.29, 1.82) is 0 Å². The lowest BCUT2D eigenvalue weighted by Crippen LogP contribution is -2.30. The number of rotatable bonds is 61. The van der Waals surface area contributed by atoms with Crippen molar-refractivity contribution in [3.05, 3.63) is 146 Å². The van der Waals surface area contributed by atoms with E-state index in [1.54, 1.807) is 0 Å². The third-order valence-corrected chi connectivity index (χ3v) is 14.3. The molecule has 470 valence electrons. The Morgan fingerprint density at radius 2 is 0.470 bits per heavy atom. The van der Waals surface area contributed by atoms with Crippen molar-refractivity contribution in [3.63, 3.8) is 0 Å². The van der Waals surface area contributed by atoms with Crippen LogP contribution < -0.4 is 0 Å². The fourth-order valence-electron chi connectivity index (χ4n) is 9.23. The van der Waals surface area contributed by atoms with Gasteiger partial charge in [-0.2, -0.15) is 0 Å². The number of carbonyl (C=O) groups is 3. The molecule has 6 nitrogen and oxygen atoms in total. The summed E-state index contributed by atoms with van der Waals surface area (Å²) in [5.41, 5.74) is 0. The third kappa shape index (κ3) is 68.0. The van der Waals surface area contributed by atoms with E-state index >= 15 is 0 Å². The standard InChI is InChI=1S/C77H126O6/c1-4-7-10-13-16-19-22-25-28-31-33-35-36-37-38-39-40-42-43-46-49-52-55-58-61-64-67-70-76(79)82-73-74(72-81-75(78)69-66-63-60-57-54-51-48-45-30-27-24-21-18-15-12-9-6-3)83-77(80)71-68-65-62-59-56-53-50-47-44-41-34-32-29-26-23-20-17-14-11-8-5-2/h7,9-10,12,16,18-19,21,23,25-28,30,32-35,37-38,40,42,48,51,74H,4-6,8,11,13-15,17,20,22,24,29,31,36,39,41,43-47,49-50,52-73H2,1-3H3/b10-7-,12-9-,19-16-,21-18-,26-23-,28-25-,30-27-,34-32-,35-33-,38-37-,42-40-,51-48-. The number of unbranched alkanes of at least 4 members (excludes halogenated alkanes) is 26. The number of hydrogen-bond acceptors (Lipinski definition) is 6. The Labute approximate surface area is 512 Å². The maximum Gasteiger partial charge on any atom is 0.306 e. The molecule has 83 heavy (non-hydrogen) atoms. The van der Waals surface area contributed by atoms with Crippen LogP contribution in [0.25, 0.3) is 0 Å². The van der Waals surface area contributed by atoms with Crippen LogP contribution in [0.4, 0.5) is 0 Å². The highest BCUT2D eigenvalue weighted by Gasteiger charge is 2.19. The van der Waals surface area contributed by atoms with E-state index in [-0.39, 0.29) is 31.1 Å². The smallest absolute Gasteiger partial charge is 0.306 e. The topological polar surface area (TPSA) is 78.9 Å². The molecular weight excluding hydrogens is 1020 g/mol. The van der Waals surface area contributed by atoms with Crippen molar-refractivity contribution in [2.75, 3.05) is 13.2 Å². The van der Waals surface area contributed by atoms with Gasteiger partial charge in [-0.1, -0.05) is 289 Å². The fourth-order valence-corrected chi connectivity index (χ4v) is 9.23. The largest absolute Gasteiger partial charge is 0.462 e. The number of ether oxygens (including phenoxy) is 3. The number of esters is 3. The van der Waals surface area contributed by atoms with Gasteiger partial charge in [-0.15, -0.1) is 0 Å². The highest BCUT2D eigenvalue weighted by atomic mass is 16.6. The molecule has 0 amide bonds. The highest BCUT2D eigenvalue weighted by molar-refractivity contribution is 5.71. The van der Waals surface area contributed by atoms with Gasteiger partial charge in [-0.25, -0.2) is 0 Å². The molecule has 1 unspecified atom stereocenters. The lowest BCUT2D eigenvalue weighted by molar-refractivity contribution is -0.167. The molecule has 1 atom stereocenters. The molecular formula is C77H126O6. The zero-order valence-electron chi connectivity index (χ0n) is 53.9. The summed E-state index contributed by atoms with van der Waals surface area (Å²) < 4.78 is 17.0. The average molecular weight is 1150 g/mol. The number of hydrogen-bond donors (Lipinski definition) is 0. The molecule has 0 aliphatic carbocycles. The van der Waals surface area contributed by atoms with E-state index in [0.29, 0.717) is 19.3 Å². The summed E-state index contributed by atoms with van der Waals surface area (Å²) in [6.07, 6.45) is 100.0. The van der Waals surface area contributed by atoms with Crippen molar-refractivity contribution in [2.45, 2.75) is 309 Å². The van der Waals surface area contributed by atoms with E-state index < -0.39 is 6.10 Å². The first-order valence-electron chi connectivity index (χ1n) is 34.3. The lowest BCUT2D eigenvalue weighted by atomic mass is 10.1. The predicted molar refractivity (Wildman–Crippen MR) is 362 cm³/mol. The lowest BCUT2D eigenvalue weighted by Gasteiger charge is -2.18. The minimum absolute atomic E-state index is 0.0966. The molecule has 0 N–H and O–H groups in total. The van der Waals surface area contributed by atoms with Crippen LogP contribution in [0.15, 0.2) is 146 Å². The fraction of sp³-hybridized carbons (Fsp3) is 0.649. The molecule has 0 rings (SSSR count). The molecule has 0 aromatic rings. The quantitative estimate of drug-likeness (QED) is 0.0261. The van der Waals surface area contributed by atoms with Crippen LogP contribution >= 0.6 is 0 Å². The Morgan fingerprint density at radius 3 is 0.735 bits per heavy atom. The Hall–Kier alpha value is -4.71. The van der Waals surface area contributed by atoms with Gasteiger partial charge in [0, 0.05) is 19.3 Å². The molecule has 0 fully saturated rings. The van der Waals surface area contributed by atoms with Crippen molar-refractivity contribution in [2.24, 2.45) is 0 Å². The summed E-state index contributed by atoms with van der Waals surface area (Å²) in [4.78, 5) is 38.5. The van der Waals surface area contributed by atoms with Crippen molar-refractivity contribution >= 4 is 17.9 Å². The average Bonchev–Trinajstić information content (AvgIpc) is 3.49. The summed E-state index contributed by atoms with van der Waals surface area (Å²) in [6.45, 7) is 6.39. The second-order valence-corrected chi connectivity index (χ2v) is 22.3. The van der Waals surface area contributed by atoms with Gasteiger partial charge in [-0.05, 0) is 141 Å². The molecule has 0 aromatic heterocycles. The molecule has 0 saturated heterocycles. The molecule has 0 aromatic carbocycles. The molecule has 0 heterocycles. The van der Waals surface area contributed by atoms with Gasteiger partial charge in [0.15, 0.2) is 6.10 Å². The van der Waals surface area contributed by atoms with E-state index in [9.17, 15) is 14.4 Å². The van der Waals surface area contributed by atoms with Crippen molar-refractivity contribution in [1.82, 2.24) is 0 Å². The molecule has 0 aliphatic rings. The van der Waals surface area contributed by atoms with E-state index in [0.717, 1.165) is 148 Å². The van der Waals surface area contributed by atoms with Crippen LogP contribution in [0.1, 0.15) is 303 Å². The van der Waals surface area contributed by atoms with Gasteiger partial charge >= 0.3 is 17.9 Å². The van der Waals surface area contributed by atoms with Crippen molar-refractivity contribution < 1.29 is 28.6 Å². The minimum atomic E-state index is -0.803. The Balaban J connectivity index is 4.43. The maximum atomic E-state index is 13.0. The van der Waals surface area contributed by atoms with Gasteiger partial charge < -0.3 is 14.2 Å². The van der Waals surface area contributed by atoms with Gasteiger partial charge in [0.1, 0.15) is 13.2 Å². The van der Waals surface area contributed by atoms with Crippen LogP contribution in [0.2, 0.25) is 0 Å². The Morgan fingerprint density at radius 1 is 0.253 bits per heavy atom. The molecule has 0 spiro atoms. The second-order valence-electron chi connectivity index (χ2n) is 22.3. The van der Waals surface area contributed by atoms with Gasteiger partial charge in [0.2, 0.25) is 0 Å². The normalized spacial score (nSPS) is 13.0. The van der Waals surface area contributed by atoms with Gasteiger partial charge in [0.05, 0.1) is 0 Å². The summed E-state index contributed by atoms with van der Waals surface area (Å²) in [5.74, 6) is -0.928. The van der Waals surface area contributed by atoms with E-state index in [4.69, 9.17) is 14.2 Å². The molecule has 0 radical (unpaired) electrons. The summed E-state index contributed by atoms with van der Waals surface area (Å²) in [6, 6.07) is 0. The van der Waals surface area contributed by atoms with E-state index in [2.05, 4.69) is 167 Å². The van der Waals surface area contributed by atoms with Crippen molar-refractivity contribution in [3.8, 4) is 0 Å². The zero-order valence-corrected chi connectivity index (χ0v) is 53.9. The van der Waals surface area contributed by atoms with Gasteiger partial charge in [0.25, 0.3) is 0 Å². The molecule has 0 saturated carbocycles. The first-order valence-corrected chi connectivity index (χ1v) is 34.3. The molecule has 6 heteroatoms. The Kier molecular flexibility index (Phi) is 65.8. The SMILES string of the molecule is CC/C=C\C/C=C\C/C=C\C/C=C\C/C=C\C/C=C\CCCCCCCCCCC(=O)OCC(COC(=O)CCCCCC/C=C\C/C=C\C/C=C\C/C=C\CC)OC(=O)CCCCCCCCCCC/C=C\C/C=C\CCCCCCC. The van der Waals surface area contributed by atoms with Crippen LogP contribution in [0, 0.1) is 0 Å². The van der Waals surface area contributed by atoms with E-state index in [1.165, 1.54) is 116 Å². The van der Waals surface area contributed by atoms with Gasteiger partial charge in [-0.3, -0.25) is 14.4 Å². The van der Waals surface area contributed by atoms with Crippen LogP contribution in [0.5, 0.6) is 0 Å². The number of allylic oxidation sites excluding steroid dienone is 24. The highest BCUT2D eigenvalue weighted by Crippen LogP contribution is 2.15. The van der Waals surface area contributed by atoms with Crippen LogP contribution in [0.3, 0.4) is 0 Å². The molecule has 0 bridgehead atoms. The van der Waals surface area contributed by atoms with Crippen LogP contribution in [-0.4, -0.2) is 37.2 Å². The summed E-state index contributed by atoms with van der Waals surface area (Å²) in [7, 11) is 0. The summed E-state index contributed by atoms with van der Waals surface area (Å²) >= 11 is 0. The predicted octanol–water partition coefficient (Wildman–Crippen LogP) is 23.9. The third-order valence-electron chi connectivity index (χ3n) is 14.3. The number of carbonyl (C=O) groups excluding carboxylic acids is 3. The first-order chi connectivity index (χ1) is 41.0. The zero-order chi connectivity index (χ0) is 59.9.